The minimum Gasteiger partial charge on any atom is -0.455 e. The second-order valence-corrected chi connectivity index (χ2v) is 13.9. The highest BCUT2D eigenvalue weighted by atomic mass is 16.6. The zero-order valence-corrected chi connectivity index (χ0v) is 25.5. The van der Waals surface area contributed by atoms with Crippen molar-refractivity contribution in [2.75, 3.05) is 48.1 Å². The van der Waals surface area contributed by atoms with Gasteiger partial charge in [-0.1, -0.05) is 25.1 Å². The molecule has 1 aliphatic heterocycles. The summed E-state index contributed by atoms with van der Waals surface area (Å²) in [6, 6.07) is 8.25. The molecular formula is C32H45NO10. The van der Waals surface area contributed by atoms with Gasteiger partial charge in [-0.2, -0.15) is 0 Å². The minimum atomic E-state index is -1.86. The lowest BCUT2D eigenvalue weighted by Gasteiger charge is -2.70. The van der Waals surface area contributed by atoms with Gasteiger partial charge in [0.15, 0.2) is 0 Å². The van der Waals surface area contributed by atoms with E-state index in [2.05, 4.69) is 11.8 Å². The van der Waals surface area contributed by atoms with Crippen LogP contribution in [0.25, 0.3) is 0 Å². The number of rotatable bonds is 8. The molecule has 1 aromatic rings. The van der Waals surface area contributed by atoms with E-state index in [4.69, 9.17) is 23.7 Å². The zero-order valence-electron chi connectivity index (χ0n) is 25.5. The van der Waals surface area contributed by atoms with E-state index in [9.17, 15) is 25.2 Å². The Morgan fingerprint density at radius 1 is 1.00 bits per heavy atom. The van der Waals surface area contributed by atoms with Crippen molar-refractivity contribution < 1.29 is 48.9 Å². The predicted molar refractivity (Wildman–Crippen MR) is 151 cm³/mol. The van der Waals surface area contributed by atoms with E-state index in [1.165, 1.54) is 7.11 Å². The van der Waals surface area contributed by atoms with E-state index in [1.807, 2.05) is 0 Å². The summed E-state index contributed by atoms with van der Waals surface area (Å²) in [7, 11) is 6.29. The number of carbonyl (C=O) groups is 1. The van der Waals surface area contributed by atoms with Crippen molar-refractivity contribution in [1.29, 1.82) is 0 Å². The van der Waals surface area contributed by atoms with E-state index in [-0.39, 0.29) is 25.0 Å². The molecule has 1 aromatic carbocycles. The first-order valence-corrected chi connectivity index (χ1v) is 15.5. The summed E-state index contributed by atoms with van der Waals surface area (Å²) >= 11 is 0. The number of nitrogens with zero attached hydrogens (tertiary/aromatic N) is 1. The van der Waals surface area contributed by atoms with Crippen LogP contribution in [0.15, 0.2) is 30.3 Å². The van der Waals surface area contributed by atoms with Gasteiger partial charge in [0.2, 0.25) is 0 Å². The Morgan fingerprint density at radius 3 is 2.33 bits per heavy atom. The van der Waals surface area contributed by atoms with Crippen LogP contribution < -0.4 is 0 Å². The van der Waals surface area contributed by atoms with Gasteiger partial charge in [-0.3, -0.25) is 4.90 Å². The molecule has 6 aliphatic rings. The number of carbonyl (C=O) groups excluding carboxylic acids is 1. The number of ether oxygens (including phenoxy) is 5. The normalized spacial score (nSPS) is 52.7. The lowest BCUT2D eigenvalue weighted by atomic mass is 9.42. The molecule has 1 heterocycles. The number of piperidine rings is 1. The van der Waals surface area contributed by atoms with Crippen molar-refractivity contribution >= 4 is 5.97 Å². The van der Waals surface area contributed by atoms with E-state index >= 15 is 0 Å². The quantitative estimate of drug-likeness (QED) is 0.300. The molecule has 6 unspecified atom stereocenters. The first-order chi connectivity index (χ1) is 20.6. The lowest BCUT2D eigenvalue weighted by Crippen LogP contribution is -2.81. The van der Waals surface area contributed by atoms with E-state index in [1.54, 1.807) is 51.7 Å². The Balaban J connectivity index is 1.48. The van der Waals surface area contributed by atoms with Gasteiger partial charge < -0.3 is 44.1 Å². The zero-order chi connectivity index (χ0) is 30.7. The van der Waals surface area contributed by atoms with E-state index in [0.29, 0.717) is 25.1 Å². The number of esters is 1. The average Bonchev–Trinajstić information content (AvgIpc) is 3.39. The summed E-state index contributed by atoms with van der Waals surface area (Å²) < 4.78 is 30.5. The van der Waals surface area contributed by atoms with Crippen LogP contribution in [0.3, 0.4) is 0 Å². The number of likely N-dealkylation sites (tertiary alicyclic amines) is 1. The smallest absolute Gasteiger partial charge is 0.338 e. The maximum Gasteiger partial charge on any atom is 0.338 e. The summed E-state index contributed by atoms with van der Waals surface area (Å²) in [6.45, 7) is 3.46. The Labute approximate surface area is 252 Å². The molecule has 7 bridgehead atoms. The number of hydrogen-bond donors (Lipinski definition) is 4. The van der Waals surface area contributed by atoms with Gasteiger partial charge in [-0.15, -0.1) is 0 Å². The molecule has 0 amide bonds. The molecule has 0 radical (unpaired) electrons. The second-order valence-electron chi connectivity index (χ2n) is 13.9. The highest BCUT2D eigenvalue weighted by Crippen LogP contribution is 2.80. The Hall–Kier alpha value is -1.67. The number of aliphatic hydroxyl groups excluding tert-OH is 2. The van der Waals surface area contributed by atoms with Crippen LogP contribution in [0.1, 0.15) is 30.1 Å². The molecule has 43 heavy (non-hydrogen) atoms. The van der Waals surface area contributed by atoms with Crippen molar-refractivity contribution in [1.82, 2.24) is 4.90 Å². The molecule has 11 nitrogen and oxygen atoms in total. The van der Waals surface area contributed by atoms with Gasteiger partial charge in [0, 0.05) is 76.0 Å². The van der Waals surface area contributed by atoms with Crippen LogP contribution in [0.4, 0.5) is 0 Å². The molecule has 11 heteroatoms. The monoisotopic (exact) mass is 603 g/mol. The minimum absolute atomic E-state index is 0.106. The van der Waals surface area contributed by atoms with Gasteiger partial charge in [-0.05, 0) is 31.0 Å². The Kier molecular flexibility index (Phi) is 6.92. The Morgan fingerprint density at radius 2 is 1.72 bits per heavy atom. The third kappa shape index (κ3) is 3.28. The van der Waals surface area contributed by atoms with Crippen molar-refractivity contribution in [2.24, 2.45) is 34.5 Å². The molecule has 4 N–H and O–H groups in total. The molecular weight excluding hydrogens is 558 g/mol. The summed E-state index contributed by atoms with van der Waals surface area (Å²) in [5, 5.41) is 49.7. The molecule has 6 fully saturated rings. The number of aliphatic hydroxyl groups is 4. The fourth-order valence-electron chi connectivity index (χ4n) is 11.9. The van der Waals surface area contributed by atoms with E-state index < -0.39 is 82.4 Å². The third-order valence-electron chi connectivity index (χ3n) is 12.9. The van der Waals surface area contributed by atoms with Gasteiger partial charge >= 0.3 is 5.97 Å². The number of fused-ring (bicyclic) bond motifs is 2. The molecule has 0 aromatic heterocycles. The maximum atomic E-state index is 13.6. The average molecular weight is 604 g/mol. The number of hydrogen-bond acceptors (Lipinski definition) is 11. The van der Waals surface area contributed by atoms with Crippen molar-refractivity contribution in [2.45, 2.75) is 73.6 Å². The topological polar surface area (TPSA) is 147 Å². The summed E-state index contributed by atoms with van der Waals surface area (Å²) in [5.74, 6) is -2.94. The third-order valence-corrected chi connectivity index (χ3v) is 12.9. The van der Waals surface area contributed by atoms with Gasteiger partial charge in [0.25, 0.3) is 0 Å². The van der Waals surface area contributed by atoms with Crippen LogP contribution in [0.2, 0.25) is 0 Å². The second kappa shape index (κ2) is 9.91. The standard InChI is InChI=1S/C32H45NO10/c1-6-33-14-29(15-39-2)18(34)12-19(40-3)31-17-13-30(37)26(43-28(36)16-10-8-7-9-11-16)20(17)32(38,25(35)27(30)42-5)21(24(31)33)22(41-4)23(29)31/h7-11,17-27,34-35,37-38H,6,12-15H2,1-5H3/t17-,18-,19?,20-,21?,22?,23-,24?,25+,26?,27+,29+,30-,31?,32-/m1/s1. The first-order valence-electron chi connectivity index (χ1n) is 15.5. The van der Waals surface area contributed by atoms with Gasteiger partial charge in [0.1, 0.15) is 29.5 Å². The SMILES string of the molecule is CCN1C[C@]2(COC)[C@H](O)CC(OC)C34C1C(C(OC)[C@@H]32)[C@@]1(O)[C@@H](O)[C@H](OC)[C@@]2(O)C[C@@H]4[C@@H]1C2OC(=O)c1ccccc1. The van der Waals surface area contributed by atoms with Crippen LogP contribution in [0.5, 0.6) is 0 Å². The van der Waals surface area contributed by atoms with Crippen LogP contribution in [0, 0.1) is 34.5 Å². The molecule has 1 spiro atoms. The summed E-state index contributed by atoms with van der Waals surface area (Å²) in [6.07, 6.45) is -5.27. The summed E-state index contributed by atoms with van der Waals surface area (Å²) in [5.41, 5.74) is -4.81. The van der Waals surface area contributed by atoms with Crippen LogP contribution in [-0.4, -0.2) is 133 Å². The highest BCUT2D eigenvalue weighted by molar-refractivity contribution is 5.89. The number of methoxy groups -OCH3 is 4. The molecule has 5 aliphatic carbocycles. The lowest BCUT2D eigenvalue weighted by molar-refractivity contribution is -0.320. The molecule has 7 rings (SSSR count). The molecule has 15 atom stereocenters. The van der Waals surface area contributed by atoms with Gasteiger partial charge in [-0.25, -0.2) is 4.79 Å². The molecule has 5 saturated carbocycles. The van der Waals surface area contributed by atoms with Gasteiger partial charge in [0.05, 0.1) is 30.5 Å². The van der Waals surface area contributed by atoms with Crippen molar-refractivity contribution in [3.63, 3.8) is 0 Å². The Bertz CT molecular complexity index is 1250. The first kappa shape index (κ1) is 30.0. The maximum absolute atomic E-state index is 13.6. The molecule has 238 valence electrons. The predicted octanol–water partition coefficient (Wildman–Crippen LogP) is 0.0773. The molecule has 1 saturated heterocycles. The van der Waals surface area contributed by atoms with Crippen LogP contribution >= 0.6 is 0 Å². The fourth-order valence-corrected chi connectivity index (χ4v) is 11.9. The van der Waals surface area contributed by atoms with Crippen molar-refractivity contribution in [3.8, 4) is 0 Å². The van der Waals surface area contributed by atoms with Crippen molar-refractivity contribution in [3.05, 3.63) is 35.9 Å². The van der Waals surface area contributed by atoms with Crippen LogP contribution in [-0.2, 0) is 23.7 Å². The fraction of sp³-hybridized carbons (Fsp3) is 0.781. The highest BCUT2D eigenvalue weighted by Gasteiger charge is 2.91. The number of benzene rings is 1. The largest absolute Gasteiger partial charge is 0.455 e. The van der Waals surface area contributed by atoms with E-state index in [0.717, 1.165) is 0 Å². The summed E-state index contributed by atoms with van der Waals surface area (Å²) in [4.78, 5) is 15.8.